The zero-order valence-electron chi connectivity index (χ0n) is 11.9. The number of carbonyl (C=O) groups is 1. The number of aryl methyl sites for hydroxylation is 3. The van der Waals surface area contributed by atoms with Gasteiger partial charge in [-0.25, -0.2) is 0 Å². The van der Waals surface area contributed by atoms with Gasteiger partial charge in [0.1, 0.15) is 0 Å². The average Bonchev–Trinajstić information content (AvgIpc) is 2.78. The molecule has 1 heterocycles. The molecule has 0 aliphatic heterocycles. The highest BCUT2D eigenvalue weighted by Crippen LogP contribution is 2.28. The molecule has 3 rings (SSSR count). The van der Waals surface area contributed by atoms with Crippen molar-refractivity contribution in [3.05, 3.63) is 68.9 Å². The van der Waals surface area contributed by atoms with E-state index in [2.05, 4.69) is 26.0 Å². The van der Waals surface area contributed by atoms with Gasteiger partial charge < -0.3 is 0 Å². The van der Waals surface area contributed by atoms with Crippen molar-refractivity contribution in [2.75, 3.05) is 0 Å². The highest BCUT2D eigenvalue weighted by atomic mass is 32.1. The van der Waals surface area contributed by atoms with Crippen molar-refractivity contribution in [2.24, 2.45) is 0 Å². The smallest absolute Gasteiger partial charge is 0.203 e. The Morgan fingerprint density at radius 1 is 0.950 bits per heavy atom. The minimum absolute atomic E-state index is 0.139. The maximum absolute atomic E-state index is 12.9. The fourth-order valence-electron chi connectivity index (χ4n) is 2.49. The Hall–Kier alpha value is -1.93. The molecule has 100 valence electrons. The van der Waals surface area contributed by atoms with Gasteiger partial charge in [-0.1, -0.05) is 36.4 Å². The first-order valence-corrected chi connectivity index (χ1v) is 7.49. The summed E-state index contributed by atoms with van der Waals surface area (Å²) in [7, 11) is 0. The number of carbonyl (C=O) groups excluding carboxylic acids is 1. The molecule has 1 aromatic heterocycles. The van der Waals surface area contributed by atoms with E-state index in [4.69, 9.17) is 0 Å². The third-order valence-electron chi connectivity index (χ3n) is 3.75. The second-order valence-corrected chi connectivity index (χ2v) is 6.41. The van der Waals surface area contributed by atoms with E-state index in [1.807, 2.05) is 37.3 Å². The third kappa shape index (κ3) is 2.06. The van der Waals surface area contributed by atoms with Crippen LogP contribution in [0.1, 0.15) is 31.2 Å². The lowest BCUT2D eigenvalue weighted by atomic mass is 9.96. The van der Waals surface area contributed by atoms with E-state index in [0.717, 1.165) is 26.8 Å². The first kappa shape index (κ1) is 13.1. The van der Waals surface area contributed by atoms with Crippen molar-refractivity contribution in [3.63, 3.8) is 0 Å². The Morgan fingerprint density at radius 2 is 1.70 bits per heavy atom. The summed E-state index contributed by atoms with van der Waals surface area (Å²) in [6.07, 6.45) is 0. The molecule has 0 radical (unpaired) electrons. The van der Waals surface area contributed by atoms with Gasteiger partial charge in [0.15, 0.2) is 0 Å². The molecule has 0 N–H and O–H groups in total. The predicted octanol–water partition coefficient (Wildman–Crippen LogP) is 5.06. The van der Waals surface area contributed by atoms with E-state index in [1.165, 1.54) is 10.4 Å². The van der Waals surface area contributed by atoms with Crippen molar-refractivity contribution in [1.29, 1.82) is 0 Å². The van der Waals surface area contributed by atoms with Crippen LogP contribution in [0.3, 0.4) is 0 Å². The molecule has 0 saturated carbocycles. The monoisotopic (exact) mass is 280 g/mol. The zero-order chi connectivity index (χ0) is 14.3. The first-order chi connectivity index (χ1) is 9.58. The largest absolute Gasteiger partial charge is 0.288 e. The zero-order valence-corrected chi connectivity index (χ0v) is 12.7. The lowest BCUT2D eigenvalue weighted by molar-refractivity contribution is 0.104. The maximum atomic E-state index is 12.9. The van der Waals surface area contributed by atoms with Crippen molar-refractivity contribution in [1.82, 2.24) is 0 Å². The Kier molecular flexibility index (Phi) is 3.19. The average molecular weight is 280 g/mol. The highest BCUT2D eigenvalue weighted by Gasteiger charge is 2.17. The molecule has 0 atom stereocenters. The number of rotatable bonds is 2. The van der Waals surface area contributed by atoms with Crippen LogP contribution in [-0.4, -0.2) is 5.78 Å². The van der Waals surface area contributed by atoms with Gasteiger partial charge in [-0.05, 0) is 48.7 Å². The molecule has 0 amide bonds. The SMILES string of the molecule is Cc1cc(C(=O)c2c(C)ccc3ccccc23)sc1C. The van der Waals surface area contributed by atoms with Crippen LogP contribution in [0, 0.1) is 20.8 Å². The van der Waals surface area contributed by atoms with Gasteiger partial charge in [0.25, 0.3) is 0 Å². The molecule has 1 nitrogen and oxygen atoms in total. The van der Waals surface area contributed by atoms with Crippen LogP contribution in [-0.2, 0) is 0 Å². The number of fused-ring (bicyclic) bond motifs is 1. The highest BCUT2D eigenvalue weighted by molar-refractivity contribution is 7.14. The van der Waals surface area contributed by atoms with Crippen LogP contribution < -0.4 is 0 Å². The van der Waals surface area contributed by atoms with Crippen LogP contribution in [0.4, 0.5) is 0 Å². The molecular formula is C18H16OS. The molecule has 0 saturated heterocycles. The van der Waals surface area contributed by atoms with Crippen LogP contribution in [0.2, 0.25) is 0 Å². The minimum Gasteiger partial charge on any atom is -0.288 e. The molecule has 2 aromatic carbocycles. The Bertz CT molecular complexity index is 792. The molecule has 0 fully saturated rings. The van der Waals surface area contributed by atoms with Crippen LogP contribution in [0.15, 0.2) is 42.5 Å². The van der Waals surface area contributed by atoms with Crippen molar-refractivity contribution >= 4 is 27.9 Å². The minimum atomic E-state index is 0.139. The molecule has 3 aromatic rings. The summed E-state index contributed by atoms with van der Waals surface area (Å²) in [6.45, 7) is 6.12. The summed E-state index contributed by atoms with van der Waals surface area (Å²) >= 11 is 1.59. The predicted molar refractivity (Wildman–Crippen MR) is 85.9 cm³/mol. The van der Waals surface area contributed by atoms with Gasteiger partial charge in [-0.15, -0.1) is 11.3 Å². The topological polar surface area (TPSA) is 17.1 Å². The lowest BCUT2D eigenvalue weighted by Gasteiger charge is -2.08. The van der Waals surface area contributed by atoms with Gasteiger partial charge in [0.05, 0.1) is 4.88 Å². The normalized spacial score (nSPS) is 10.9. The van der Waals surface area contributed by atoms with E-state index in [0.29, 0.717) is 0 Å². The Morgan fingerprint density at radius 3 is 2.40 bits per heavy atom. The molecule has 0 aliphatic rings. The molecular weight excluding hydrogens is 264 g/mol. The van der Waals surface area contributed by atoms with Crippen LogP contribution in [0.5, 0.6) is 0 Å². The lowest BCUT2D eigenvalue weighted by Crippen LogP contribution is -2.02. The molecule has 20 heavy (non-hydrogen) atoms. The Labute approximate surface area is 122 Å². The number of hydrogen-bond acceptors (Lipinski definition) is 2. The fraction of sp³-hybridized carbons (Fsp3) is 0.167. The number of benzene rings is 2. The maximum Gasteiger partial charge on any atom is 0.203 e. The van der Waals surface area contributed by atoms with Crippen LogP contribution in [0.25, 0.3) is 10.8 Å². The van der Waals surface area contributed by atoms with Crippen molar-refractivity contribution < 1.29 is 4.79 Å². The number of ketones is 1. The molecule has 0 spiro atoms. The Balaban J connectivity index is 2.23. The number of hydrogen-bond donors (Lipinski definition) is 0. The van der Waals surface area contributed by atoms with E-state index >= 15 is 0 Å². The third-order valence-corrected chi connectivity index (χ3v) is 4.91. The summed E-state index contributed by atoms with van der Waals surface area (Å²) in [5.74, 6) is 0.139. The summed E-state index contributed by atoms with van der Waals surface area (Å²) in [5.41, 5.74) is 3.07. The fourth-order valence-corrected chi connectivity index (χ4v) is 3.47. The van der Waals surface area contributed by atoms with Gasteiger partial charge >= 0.3 is 0 Å². The second-order valence-electron chi connectivity index (χ2n) is 5.16. The molecule has 0 unspecified atom stereocenters. The molecule has 2 heteroatoms. The standard InChI is InChI=1S/C18H16OS/c1-11-8-9-14-6-4-5-7-15(14)17(11)18(19)16-10-12(2)13(3)20-16/h4-10H,1-3H3. The summed E-state index contributed by atoms with van der Waals surface area (Å²) in [5, 5.41) is 2.16. The summed E-state index contributed by atoms with van der Waals surface area (Å²) in [4.78, 5) is 14.9. The molecule has 0 aliphatic carbocycles. The van der Waals surface area contributed by atoms with E-state index in [-0.39, 0.29) is 5.78 Å². The van der Waals surface area contributed by atoms with Gasteiger partial charge in [0, 0.05) is 10.4 Å². The van der Waals surface area contributed by atoms with E-state index < -0.39 is 0 Å². The van der Waals surface area contributed by atoms with Gasteiger partial charge in [-0.2, -0.15) is 0 Å². The summed E-state index contributed by atoms with van der Waals surface area (Å²) in [6, 6.07) is 14.2. The number of thiophene rings is 1. The van der Waals surface area contributed by atoms with Crippen LogP contribution >= 0.6 is 11.3 Å². The first-order valence-electron chi connectivity index (χ1n) is 6.68. The van der Waals surface area contributed by atoms with E-state index in [1.54, 1.807) is 11.3 Å². The van der Waals surface area contributed by atoms with Crippen molar-refractivity contribution in [2.45, 2.75) is 20.8 Å². The van der Waals surface area contributed by atoms with Gasteiger partial charge in [0.2, 0.25) is 5.78 Å². The van der Waals surface area contributed by atoms with E-state index in [9.17, 15) is 4.79 Å². The van der Waals surface area contributed by atoms with Gasteiger partial charge in [-0.3, -0.25) is 4.79 Å². The van der Waals surface area contributed by atoms with Crippen molar-refractivity contribution in [3.8, 4) is 0 Å². The summed E-state index contributed by atoms with van der Waals surface area (Å²) < 4.78 is 0. The molecule has 0 bridgehead atoms. The quantitative estimate of drug-likeness (QED) is 0.600. The second kappa shape index (κ2) is 4.88.